The topological polar surface area (TPSA) is 33.5 Å². The third-order valence-corrected chi connectivity index (χ3v) is 4.94. The maximum absolute atomic E-state index is 12.4. The molecule has 0 amide bonds. The average molecular weight is 269 g/mol. The summed E-state index contributed by atoms with van der Waals surface area (Å²) in [5.74, 6) is 1.97. The van der Waals surface area contributed by atoms with Gasteiger partial charge in [0.25, 0.3) is 0 Å². The van der Waals surface area contributed by atoms with Crippen molar-refractivity contribution in [1.29, 1.82) is 0 Å². The van der Waals surface area contributed by atoms with Crippen molar-refractivity contribution in [1.82, 2.24) is 4.90 Å². The zero-order valence-corrected chi connectivity index (χ0v) is 11.5. The monoisotopic (exact) mass is 269 g/mol. The summed E-state index contributed by atoms with van der Waals surface area (Å²) >= 11 is 0. The molecule has 4 heterocycles. The lowest BCUT2D eigenvalue weighted by atomic mass is 9.76. The highest BCUT2D eigenvalue weighted by Crippen LogP contribution is 2.35. The highest BCUT2D eigenvalue weighted by Gasteiger charge is 2.35. The Morgan fingerprint density at radius 1 is 1.25 bits per heavy atom. The molecule has 3 heteroatoms. The molecule has 0 aliphatic carbocycles. The summed E-state index contributed by atoms with van der Waals surface area (Å²) in [6.45, 7) is 3.54. The van der Waals surface area contributed by atoms with Crippen LogP contribution < -0.4 is 0 Å². The van der Waals surface area contributed by atoms with Gasteiger partial charge >= 0.3 is 0 Å². The first-order valence-corrected chi connectivity index (χ1v) is 7.54. The Labute approximate surface area is 118 Å². The van der Waals surface area contributed by atoms with E-state index in [-0.39, 0.29) is 5.78 Å². The molecule has 2 bridgehead atoms. The molecule has 0 saturated carbocycles. The molecule has 0 spiro atoms. The second-order valence-electron chi connectivity index (χ2n) is 6.17. The van der Waals surface area contributed by atoms with Crippen LogP contribution in [0.5, 0.6) is 0 Å². The molecule has 1 atom stereocenters. The SMILES string of the molecule is O=C(CC1CN2CCC1CC2)c1cc2ccccc2o1. The molecule has 3 saturated heterocycles. The van der Waals surface area contributed by atoms with E-state index >= 15 is 0 Å². The number of Topliss-reactive ketones (excluding diaryl/α,β-unsaturated/α-hetero) is 1. The normalized spacial score (nSPS) is 28.9. The van der Waals surface area contributed by atoms with Gasteiger partial charge in [0, 0.05) is 18.4 Å². The molecule has 104 valence electrons. The van der Waals surface area contributed by atoms with Crippen LogP contribution in [0.25, 0.3) is 11.0 Å². The van der Waals surface area contributed by atoms with Crippen LogP contribution in [0.3, 0.4) is 0 Å². The van der Waals surface area contributed by atoms with E-state index in [0.717, 1.165) is 23.4 Å². The molecule has 3 fully saturated rings. The van der Waals surface area contributed by atoms with Crippen LogP contribution in [0.4, 0.5) is 0 Å². The summed E-state index contributed by atoms with van der Waals surface area (Å²) in [6.07, 6.45) is 3.16. The summed E-state index contributed by atoms with van der Waals surface area (Å²) in [7, 11) is 0. The van der Waals surface area contributed by atoms with Crippen molar-refractivity contribution in [3.63, 3.8) is 0 Å². The molecular formula is C17H19NO2. The molecule has 0 N–H and O–H groups in total. The Morgan fingerprint density at radius 3 is 2.75 bits per heavy atom. The molecule has 1 aromatic heterocycles. The van der Waals surface area contributed by atoms with Gasteiger partial charge in [0.1, 0.15) is 5.58 Å². The third kappa shape index (κ3) is 2.06. The minimum Gasteiger partial charge on any atom is -0.453 e. The van der Waals surface area contributed by atoms with E-state index < -0.39 is 0 Å². The van der Waals surface area contributed by atoms with E-state index in [1.807, 2.05) is 30.3 Å². The maximum Gasteiger partial charge on any atom is 0.198 e. The lowest BCUT2D eigenvalue weighted by Gasteiger charge is -2.44. The number of piperidine rings is 3. The number of fused-ring (bicyclic) bond motifs is 4. The van der Waals surface area contributed by atoms with Crippen LogP contribution >= 0.6 is 0 Å². The summed E-state index contributed by atoms with van der Waals surface area (Å²) < 4.78 is 5.69. The van der Waals surface area contributed by atoms with Crippen LogP contribution in [0.1, 0.15) is 29.8 Å². The number of carbonyl (C=O) groups is 1. The number of para-hydroxylation sites is 1. The fourth-order valence-corrected chi connectivity index (χ4v) is 3.78. The van der Waals surface area contributed by atoms with E-state index in [2.05, 4.69) is 4.90 Å². The number of furan rings is 1. The fourth-order valence-electron chi connectivity index (χ4n) is 3.78. The molecule has 3 aliphatic heterocycles. The Hall–Kier alpha value is -1.61. The third-order valence-electron chi connectivity index (χ3n) is 4.94. The Balaban J connectivity index is 1.52. The van der Waals surface area contributed by atoms with Crippen LogP contribution in [-0.4, -0.2) is 30.3 Å². The largest absolute Gasteiger partial charge is 0.453 e. The van der Waals surface area contributed by atoms with Crippen molar-refractivity contribution in [3.8, 4) is 0 Å². The molecular weight excluding hydrogens is 250 g/mol. The van der Waals surface area contributed by atoms with E-state index in [1.54, 1.807) is 0 Å². The van der Waals surface area contributed by atoms with Gasteiger partial charge in [-0.25, -0.2) is 0 Å². The highest BCUT2D eigenvalue weighted by molar-refractivity contribution is 5.97. The molecule has 1 unspecified atom stereocenters. The second kappa shape index (κ2) is 4.74. The molecule has 3 aliphatic rings. The molecule has 3 nitrogen and oxygen atoms in total. The first-order valence-electron chi connectivity index (χ1n) is 7.54. The number of rotatable bonds is 3. The average Bonchev–Trinajstić information content (AvgIpc) is 2.92. The highest BCUT2D eigenvalue weighted by atomic mass is 16.3. The smallest absolute Gasteiger partial charge is 0.198 e. The van der Waals surface area contributed by atoms with Gasteiger partial charge in [0.2, 0.25) is 0 Å². The van der Waals surface area contributed by atoms with Crippen molar-refractivity contribution < 1.29 is 9.21 Å². The maximum atomic E-state index is 12.4. The predicted molar refractivity (Wildman–Crippen MR) is 77.8 cm³/mol. The number of hydrogen-bond acceptors (Lipinski definition) is 3. The van der Waals surface area contributed by atoms with Crippen molar-refractivity contribution in [2.45, 2.75) is 19.3 Å². The summed E-state index contributed by atoms with van der Waals surface area (Å²) in [6, 6.07) is 9.70. The second-order valence-corrected chi connectivity index (χ2v) is 6.17. The van der Waals surface area contributed by atoms with Gasteiger partial charge in [0.05, 0.1) is 0 Å². The van der Waals surface area contributed by atoms with Gasteiger partial charge in [-0.05, 0) is 49.9 Å². The molecule has 2 aromatic rings. The van der Waals surface area contributed by atoms with Gasteiger partial charge in [-0.2, -0.15) is 0 Å². The summed E-state index contributed by atoms with van der Waals surface area (Å²) in [5, 5.41) is 1.02. The zero-order valence-electron chi connectivity index (χ0n) is 11.5. The lowest BCUT2D eigenvalue weighted by Crippen LogP contribution is -2.47. The Morgan fingerprint density at radius 2 is 2.05 bits per heavy atom. The molecule has 20 heavy (non-hydrogen) atoms. The Kier molecular flexibility index (Phi) is 2.88. The Bertz CT molecular complexity index is 604. The van der Waals surface area contributed by atoms with Crippen LogP contribution in [0, 0.1) is 11.8 Å². The number of ketones is 1. The first kappa shape index (κ1) is 12.2. The predicted octanol–water partition coefficient (Wildman–Crippen LogP) is 3.35. The van der Waals surface area contributed by atoms with Gasteiger partial charge in [-0.1, -0.05) is 18.2 Å². The van der Waals surface area contributed by atoms with Crippen molar-refractivity contribution >= 4 is 16.8 Å². The summed E-state index contributed by atoms with van der Waals surface area (Å²) in [5.41, 5.74) is 0.810. The van der Waals surface area contributed by atoms with Crippen molar-refractivity contribution in [2.24, 2.45) is 11.8 Å². The van der Waals surface area contributed by atoms with Crippen molar-refractivity contribution in [2.75, 3.05) is 19.6 Å². The molecule has 1 aromatic carbocycles. The minimum absolute atomic E-state index is 0.167. The van der Waals surface area contributed by atoms with Gasteiger partial charge in [-0.3, -0.25) is 4.79 Å². The van der Waals surface area contributed by atoms with E-state index in [0.29, 0.717) is 18.1 Å². The van der Waals surface area contributed by atoms with Crippen LogP contribution in [-0.2, 0) is 0 Å². The quantitative estimate of drug-likeness (QED) is 0.801. The van der Waals surface area contributed by atoms with Crippen LogP contribution in [0.2, 0.25) is 0 Å². The number of nitrogens with zero attached hydrogens (tertiary/aromatic N) is 1. The first-order chi connectivity index (χ1) is 9.79. The molecule has 0 radical (unpaired) electrons. The van der Waals surface area contributed by atoms with Crippen molar-refractivity contribution in [3.05, 3.63) is 36.1 Å². The standard InChI is InChI=1S/C17H19NO2/c19-15(9-14-11-18-7-5-12(14)6-8-18)17-10-13-3-1-2-4-16(13)20-17/h1-4,10,12,14H,5-9,11H2. The molecule has 5 rings (SSSR count). The number of carbonyl (C=O) groups excluding carboxylic acids is 1. The van der Waals surface area contributed by atoms with E-state index in [9.17, 15) is 4.79 Å². The number of benzene rings is 1. The van der Waals surface area contributed by atoms with E-state index in [1.165, 1.54) is 25.9 Å². The fraction of sp³-hybridized carbons (Fsp3) is 0.471. The van der Waals surface area contributed by atoms with Gasteiger partial charge in [-0.15, -0.1) is 0 Å². The summed E-state index contributed by atoms with van der Waals surface area (Å²) in [4.78, 5) is 14.9. The zero-order chi connectivity index (χ0) is 13.5. The van der Waals surface area contributed by atoms with Gasteiger partial charge < -0.3 is 9.32 Å². The van der Waals surface area contributed by atoms with E-state index in [4.69, 9.17) is 4.42 Å². The minimum atomic E-state index is 0.167. The number of hydrogen-bond donors (Lipinski definition) is 0. The lowest BCUT2D eigenvalue weighted by molar-refractivity contribution is 0.0433. The van der Waals surface area contributed by atoms with Crippen LogP contribution in [0.15, 0.2) is 34.7 Å². The van der Waals surface area contributed by atoms with Gasteiger partial charge in [0.15, 0.2) is 11.5 Å².